The molecule has 2 heteroatoms. The van der Waals surface area contributed by atoms with Crippen molar-refractivity contribution in [3.8, 4) is 0 Å². The van der Waals surface area contributed by atoms with Crippen molar-refractivity contribution in [2.24, 2.45) is 0 Å². The largest absolute Gasteiger partial charge is 0.369 e. The third kappa shape index (κ3) is 3.33. The van der Waals surface area contributed by atoms with Gasteiger partial charge in [-0.3, -0.25) is 4.79 Å². The van der Waals surface area contributed by atoms with E-state index in [1.54, 1.807) is 7.11 Å². The first kappa shape index (κ1) is 11.7. The van der Waals surface area contributed by atoms with Gasteiger partial charge in [0.25, 0.3) is 0 Å². The maximum absolute atomic E-state index is 11.8. The molecule has 80 valence electrons. The second-order valence-electron chi connectivity index (χ2n) is 3.63. The number of ether oxygens (including phenoxy) is 1. The van der Waals surface area contributed by atoms with Crippen molar-refractivity contribution in [2.75, 3.05) is 7.11 Å². The number of hydrogen-bond donors (Lipinski definition) is 0. The third-order valence-electron chi connectivity index (χ3n) is 2.11. The van der Waals surface area contributed by atoms with Crippen molar-refractivity contribution in [2.45, 2.75) is 19.4 Å². The number of hydrogen-bond acceptors (Lipinski definition) is 2. The lowest BCUT2D eigenvalue weighted by molar-refractivity contribution is -0.128. The van der Waals surface area contributed by atoms with Crippen LogP contribution in [0.5, 0.6) is 0 Å². The molecule has 1 atom stereocenters. The molecule has 0 fully saturated rings. The highest BCUT2D eigenvalue weighted by Crippen LogP contribution is 2.20. The fourth-order valence-electron chi connectivity index (χ4n) is 1.47. The second-order valence-corrected chi connectivity index (χ2v) is 3.63. The predicted molar refractivity (Wildman–Crippen MR) is 60.6 cm³/mol. The van der Waals surface area contributed by atoms with Crippen LogP contribution in [0.4, 0.5) is 0 Å². The van der Waals surface area contributed by atoms with E-state index in [0.717, 1.165) is 11.1 Å². The number of Topliss-reactive ketones (excluding diaryl/α,β-unsaturated/α-hetero) is 1. The third-order valence-corrected chi connectivity index (χ3v) is 2.11. The average molecular weight is 204 g/mol. The van der Waals surface area contributed by atoms with Gasteiger partial charge in [-0.1, -0.05) is 42.5 Å². The minimum atomic E-state index is -0.470. The summed E-state index contributed by atoms with van der Waals surface area (Å²) in [6.07, 6.45) is -0.101. The van der Waals surface area contributed by atoms with Crippen molar-refractivity contribution < 1.29 is 9.53 Å². The van der Waals surface area contributed by atoms with E-state index in [1.807, 2.05) is 37.3 Å². The Kier molecular flexibility index (Phi) is 4.25. The van der Waals surface area contributed by atoms with Crippen molar-refractivity contribution in [1.29, 1.82) is 0 Å². The zero-order valence-electron chi connectivity index (χ0n) is 9.19. The molecule has 0 spiro atoms. The van der Waals surface area contributed by atoms with Crippen LogP contribution in [-0.4, -0.2) is 12.9 Å². The molecule has 0 saturated carbocycles. The minimum absolute atomic E-state index is 0.0520. The summed E-state index contributed by atoms with van der Waals surface area (Å²) in [6.45, 7) is 5.57. The Morgan fingerprint density at radius 3 is 2.47 bits per heavy atom. The van der Waals surface area contributed by atoms with Gasteiger partial charge in [-0.05, 0) is 12.5 Å². The molecular formula is C13H16O2. The molecule has 0 aliphatic carbocycles. The van der Waals surface area contributed by atoms with Crippen LogP contribution in [0.1, 0.15) is 25.0 Å². The normalized spacial score (nSPS) is 12.1. The highest BCUT2D eigenvalue weighted by Gasteiger charge is 2.18. The van der Waals surface area contributed by atoms with Crippen LogP contribution in [-0.2, 0) is 9.53 Å². The number of methoxy groups -OCH3 is 1. The Morgan fingerprint density at radius 2 is 2.00 bits per heavy atom. The lowest BCUT2D eigenvalue weighted by Gasteiger charge is -2.14. The van der Waals surface area contributed by atoms with E-state index in [9.17, 15) is 4.79 Å². The molecule has 15 heavy (non-hydrogen) atoms. The smallest absolute Gasteiger partial charge is 0.170 e. The van der Waals surface area contributed by atoms with Gasteiger partial charge in [0.2, 0.25) is 0 Å². The Morgan fingerprint density at radius 1 is 1.40 bits per heavy atom. The predicted octanol–water partition coefficient (Wildman–Crippen LogP) is 2.91. The highest BCUT2D eigenvalue weighted by molar-refractivity contribution is 5.86. The quantitative estimate of drug-likeness (QED) is 0.689. The average Bonchev–Trinajstić information content (AvgIpc) is 2.19. The Hall–Kier alpha value is -1.41. The molecule has 2 nitrogen and oxygen atoms in total. The van der Waals surface area contributed by atoms with Gasteiger partial charge >= 0.3 is 0 Å². The first-order chi connectivity index (χ1) is 7.15. The van der Waals surface area contributed by atoms with E-state index in [1.165, 1.54) is 0 Å². The Bertz CT molecular complexity index is 341. The van der Waals surface area contributed by atoms with Crippen LogP contribution in [0.3, 0.4) is 0 Å². The Balaban J connectivity index is 2.80. The molecule has 1 unspecified atom stereocenters. The zero-order chi connectivity index (χ0) is 11.3. The van der Waals surface area contributed by atoms with Gasteiger partial charge in [-0.2, -0.15) is 0 Å². The van der Waals surface area contributed by atoms with E-state index < -0.39 is 6.10 Å². The zero-order valence-corrected chi connectivity index (χ0v) is 9.19. The standard InChI is InChI=1S/C13H16O2/c1-10(2)9-12(14)13(15-3)11-7-5-4-6-8-11/h4-8,13H,1,9H2,2-3H3. The minimum Gasteiger partial charge on any atom is -0.369 e. The molecule has 0 heterocycles. The first-order valence-corrected chi connectivity index (χ1v) is 4.90. The van der Waals surface area contributed by atoms with Crippen LogP contribution in [0, 0.1) is 0 Å². The molecule has 0 bridgehead atoms. The maximum Gasteiger partial charge on any atom is 0.170 e. The molecule has 0 aliphatic rings. The number of benzene rings is 1. The molecule has 0 radical (unpaired) electrons. The molecular weight excluding hydrogens is 188 g/mol. The second kappa shape index (κ2) is 5.47. The van der Waals surface area contributed by atoms with Gasteiger partial charge in [0.15, 0.2) is 5.78 Å². The maximum atomic E-state index is 11.8. The molecule has 1 rings (SSSR count). The number of allylic oxidation sites excluding steroid dienone is 1. The van der Waals surface area contributed by atoms with Crippen LogP contribution in [0.25, 0.3) is 0 Å². The fourth-order valence-corrected chi connectivity index (χ4v) is 1.47. The monoisotopic (exact) mass is 204 g/mol. The van der Waals surface area contributed by atoms with E-state index in [-0.39, 0.29) is 5.78 Å². The van der Waals surface area contributed by atoms with Gasteiger partial charge in [0.05, 0.1) is 0 Å². The topological polar surface area (TPSA) is 26.3 Å². The van der Waals surface area contributed by atoms with Crippen LogP contribution >= 0.6 is 0 Å². The van der Waals surface area contributed by atoms with Crippen LogP contribution in [0.2, 0.25) is 0 Å². The van der Waals surface area contributed by atoms with Gasteiger partial charge in [0, 0.05) is 13.5 Å². The summed E-state index contributed by atoms with van der Waals surface area (Å²) < 4.78 is 5.21. The van der Waals surface area contributed by atoms with E-state index in [2.05, 4.69) is 6.58 Å². The molecule has 0 N–H and O–H groups in total. The molecule has 1 aromatic rings. The van der Waals surface area contributed by atoms with E-state index >= 15 is 0 Å². The summed E-state index contributed by atoms with van der Waals surface area (Å²) in [6, 6.07) is 9.50. The number of ketones is 1. The summed E-state index contributed by atoms with van der Waals surface area (Å²) >= 11 is 0. The van der Waals surface area contributed by atoms with Gasteiger partial charge < -0.3 is 4.74 Å². The van der Waals surface area contributed by atoms with Gasteiger partial charge in [0.1, 0.15) is 6.10 Å². The van der Waals surface area contributed by atoms with E-state index in [0.29, 0.717) is 6.42 Å². The molecule has 1 aromatic carbocycles. The summed E-state index contributed by atoms with van der Waals surface area (Å²) in [4.78, 5) is 11.8. The summed E-state index contributed by atoms with van der Waals surface area (Å²) in [5.41, 5.74) is 1.75. The summed E-state index contributed by atoms with van der Waals surface area (Å²) in [5, 5.41) is 0. The molecule has 0 amide bonds. The Labute approximate surface area is 90.6 Å². The molecule has 0 aromatic heterocycles. The van der Waals surface area contributed by atoms with Gasteiger partial charge in [-0.15, -0.1) is 0 Å². The lowest BCUT2D eigenvalue weighted by atomic mass is 10.0. The highest BCUT2D eigenvalue weighted by atomic mass is 16.5. The number of carbonyl (C=O) groups excluding carboxylic acids is 1. The SMILES string of the molecule is C=C(C)CC(=O)C(OC)c1ccccc1. The van der Waals surface area contributed by atoms with Crippen LogP contribution < -0.4 is 0 Å². The van der Waals surface area contributed by atoms with Crippen LogP contribution in [0.15, 0.2) is 42.5 Å². The van der Waals surface area contributed by atoms with Crippen molar-refractivity contribution in [1.82, 2.24) is 0 Å². The first-order valence-electron chi connectivity index (χ1n) is 4.90. The molecule has 0 saturated heterocycles. The number of carbonyl (C=O) groups is 1. The van der Waals surface area contributed by atoms with Crippen molar-refractivity contribution in [3.63, 3.8) is 0 Å². The van der Waals surface area contributed by atoms with Crippen molar-refractivity contribution >= 4 is 5.78 Å². The fraction of sp³-hybridized carbons (Fsp3) is 0.308. The molecule has 0 aliphatic heterocycles. The number of rotatable bonds is 5. The van der Waals surface area contributed by atoms with Crippen molar-refractivity contribution in [3.05, 3.63) is 48.0 Å². The lowest BCUT2D eigenvalue weighted by Crippen LogP contribution is -2.14. The van der Waals surface area contributed by atoms with Gasteiger partial charge in [-0.25, -0.2) is 0 Å². The summed E-state index contributed by atoms with van der Waals surface area (Å²) in [7, 11) is 1.55. The summed E-state index contributed by atoms with van der Waals surface area (Å²) in [5.74, 6) is 0.0520. The van der Waals surface area contributed by atoms with E-state index in [4.69, 9.17) is 4.74 Å².